The first-order valence-electron chi connectivity index (χ1n) is 9.21. The van der Waals surface area contributed by atoms with Crippen molar-refractivity contribution >= 4 is 5.71 Å². The molecule has 0 saturated carbocycles. The lowest BCUT2D eigenvalue weighted by Crippen LogP contribution is -2.04. The summed E-state index contributed by atoms with van der Waals surface area (Å²) in [5.41, 5.74) is 4.46. The van der Waals surface area contributed by atoms with Crippen LogP contribution in [0.25, 0.3) is 0 Å². The Morgan fingerprint density at radius 1 is 0.964 bits per heavy atom. The standard InChI is InChI=1S/C22H26N2O4/c1-24-18(9-5-16-7-11-20(26)22(13-16)28-3)14-17(23-24)8-4-15-6-10-19(25)21(12-15)27-2/h6-7,9-13,25-26H,4-5,8,14H2,1-3H3. The van der Waals surface area contributed by atoms with E-state index in [-0.39, 0.29) is 11.5 Å². The molecular weight excluding hydrogens is 356 g/mol. The van der Waals surface area contributed by atoms with Crippen molar-refractivity contribution in [3.8, 4) is 23.0 Å². The molecule has 1 heterocycles. The quantitative estimate of drug-likeness (QED) is 0.760. The lowest BCUT2D eigenvalue weighted by Gasteiger charge is -2.09. The van der Waals surface area contributed by atoms with E-state index in [1.807, 2.05) is 36.3 Å². The van der Waals surface area contributed by atoms with Gasteiger partial charge in [-0.25, -0.2) is 0 Å². The monoisotopic (exact) mass is 382 g/mol. The summed E-state index contributed by atoms with van der Waals surface area (Å²) < 4.78 is 10.3. The fraction of sp³-hybridized carbons (Fsp3) is 0.318. The molecule has 2 aromatic rings. The molecule has 3 rings (SSSR count). The number of aromatic hydroxyl groups is 2. The van der Waals surface area contributed by atoms with Crippen LogP contribution >= 0.6 is 0 Å². The second kappa shape index (κ2) is 8.69. The van der Waals surface area contributed by atoms with Crippen molar-refractivity contribution in [1.82, 2.24) is 5.01 Å². The fourth-order valence-corrected chi connectivity index (χ4v) is 3.23. The van der Waals surface area contributed by atoms with Gasteiger partial charge in [0.2, 0.25) is 0 Å². The van der Waals surface area contributed by atoms with Crippen molar-refractivity contribution < 1.29 is 19.7 Å². The Labute approximate surface area is 165 Å². The molecule has 1 aliphatic rings. The van der Waals surface area contributed by atoms with E-state index < -0.39 is 0 Å². The predicted molar refractivity (Wildman–Crippen MR) is 109 cm³/mol. The van der Waals surface area contributed by atoms with Crippen molar-refractivity contribution in [1.29, 1.82) is 0 Å². The Morgan fingerprint density at radius 2 is 1.57 bits per heavy atom. The zero-order valence-electron chi connectivity index (χ0n) is 16.5. The van der Waals surface area contributed by atoms with Crippen molar-refractivity contribution in [2.24, 2.45) is 5.10 Å². The highest BCUT2D eigenvalue weighted by molar-refractivity contribution is 5.88. The molecule has 0 aliphatic carbocycles. The molecular formula is C22H26N2O4. The molecule has 0 amide bonds. The molecule has 0 radical (unpaired) electrons. The van der Waals surface area contributed by atoms with Gasteiger partial charge in [-0.05, 0) is 54.7 Å². The van der Waals surface area contributed by atoms with Crippen molar-refractivity contribution in [3.63, 3.8) is 0 Å². The maximum Gasteiger partial charge on any atom is 0.160 e. The zero-order valence-corrected chi connectivity index (χ0v) is 16.5. The summed E-state index contributed by atoms with van der Waals surface area (Å²) in [6.07, 6.45) is 5.41. The van der Waals surface area contributed by atoms with Crippen LogP contribution in [0.2, 0.25) is 0 Å². The number of rotatable bonds is 7. The average Bonchev–Trinajstić information content (AvgIpc) is 3.06. The number of allylic oxidation sites excluding steroid dienone is 2. The summed E-state index contributed by atoms with van der Waals surface area (Å²) in [4.78, 5) is 0. The van der Waals surface area contributed by atoms with E-state index in [4.69, 9.17) is 9.47 Å². The second-order valence-corrected chi connectivity index (χ2v) is 6.78. The Hall–Kier alpha value is -3.15. The highest BCUT2D eigenvalue weighted by Crippen LogP contribution is 2.29. The number of phenols is 2. The Balaban J connectivity index is 1.59. The molecule has 2 aromatic carbocycles. The van der Waals surface area contributed by atoms with E-state index in [2.05, 4.69) is 11.2 Å². The van der Waals surface area contributed by atoms with Crippen molar-refractivity contribution in [2.45, 2.75) is 25.7 Å². The Kier molecular flexibility index (Phi) is 6.09. The number of ether oxygens (including phenoxy) is 2. The molecule has 28 heavy (non-hydrogen) atoms. The third-order valence-electron chi connectivity index (χ3n) is 4.86. The number of hydrogen-bond acceptors (Lipinski definition) is 6. The normalized spacial score (nSPS) is 15.0. The van der Waals surface area contributed by atoms with Gasteiger partial charge in [0.05, 0.1) is 14.2 Å². The number of hydrogen-bond donors (Lipinski definition) is 2. The topological polar surface area (TPSA) is 74.5 Å². The van der Waals surface area contributed by atoms with Gasteiger partial charge in [0.25, 0.3) is 0 Å². The van der Waals surface area contributed by atoms with Crippen molar-refractivity contribution in [3.05, 3.63) is 59.3 Å². The zero-order chi connectivity index (χ0) is 20.1. The lowest BCUT2D eigenvalue weighted by atomic mass is 10.0. The van der Waals surface area contributed by atoms with Crippen LogP contribution in [0, 0.1) is 0 Å². The van der Waals surface area contributed by atoms with Gasteiger partial charge < -0.3 is 19.7 Å². The van der Waals surface area contributed by atoms with E-state index in [1.54, 1.807) is 26.4 Å². The lowest BCUT2D eigenvalue weighted by molar-refractivity contribution is 0.373. The number of benzene rings is 2. The van der Waals surface area contributed by atoms with E-state index in [1.165, 1.54) is 0 Å². The molecule has 6 nitrogen and oxygen atoms in total. The molecule has 0 fully saturated rings. The number of phenolic OH excluding ortho intramolecular Hbond substituents is 2. The highest BCUT2D eigenvalue weighted by Gasteiger charge is 2.17. The average molecular weight is 382 g/mol. The number of hydrazone groups is 1. The van der Waals surface area contributed by atoms with Crippen LogP contribution in [-0.2, 0) is 12.8 Å². The molecule has 0 atom stereocenters. The molecule has 0 bridgehead atoms. The third-order valence-corrected chi connectivity index (χ3v) is 4.86. The van der Waals surface area contributed by atoms with E-state index in [0.717, 1.165) is 48.2 Å². The van der Waals surface area contributed by atoms with Crippen LogP contribution in [0.3, 0.4) is 0 Å². The van der Waals surface area contributed by atoms with E-state index >= 15 is 0 Å². The van der Waals surface area contributed by atoms with Crippen LogP contribution in [0.5, 0.6) is 23.0 Å². The van der Waals surface area contributed by atoms with E-state index in [9.17, 15) is 10.2 Å². The SMILES string of the molecule is COc1cc(CC=C2CC(CCc3ccc(O)c(OC)c3)=NN2C)ccc1O. The third kappa shape index (κ3) is 4.57. The fourth-order valence-electron chi connectivity index (χ4n) is 3.23. The number of nitrogens with zero attached hydrogens (tertiary/aromatic N) is 2. The van der Waals surface area contributed by atoms with Gasteiger partial charge in [-0.3, -0.25) is 5.01 Å². The van der Waals surface area contributed by atoms with Crippen LogP contribution in [0.1, 0.15) is 24.0 Å². The molecule has 6 heteroatoms. The summed E-state index contributed by atoms with van der Waals surface area (Å²) in [6.45, 7) is 0. The molecule has 148 valence electrons. The smallest absolute Gasteiger partial charge is 0.160 e. The Bertz CT molecular complexity index is 905. The maximum absolute atomic E-state index is 9.70. The minimum Gasteiger partial charge on any atom is -0.504 e. The molecule has 0 aromatic heterocycles. The van der Waals surface area contributed by atoms with Crippen LogP contribution in [-0.4, -0.2) is 42.2 Å². The molecule has 0 saturated heterocycles. The number of aryl methyl sites for hydroxylation is 1. The van der Waals surface area contributed by atoms with Crippen molar-refractivity contribution in [2.75, 3.05) is 21.3 Å². The summed E-state index contributed by atoms with van der Waals surface area (Å²) in [5.74, 6) is 1.28. The molecule has 1 aliphatic heterocycles. The number of methoxy groups -OCH3 is 2. The van der Waals surface area contributed by atoms with Gasteiger partial charge in [0, 0.05) is 24.9 Å². The van der Waals surface area contributed by atoms with Crippen LogP contribution in [0.15, 0.2) is 53.3 Å². The maximum atomic E-state index is 9.70. The molecule has 0 spiro atoms. The molecule has 2 N–H and O–H groups in total. The minimum atomic E-state index is 0.147. The first-order chi connectivity index (χ1) is 13.5. The summed E-state index contributed by atoms with van der Waals surface area (Å²) >= 11 is 0. The Morgan fingerprint density at radius 3 is 2.21 bits per heavy atom. The van der Waals surface area contributed by atoms with Gasteiger partial charge in [-0.1, -0.05) is 18.2 Å². The second-order valence-electron chi connectivity index (χ2n) is 6.78. The first-order valence-corrected chi connectivity index (χ1v) is 9.21. The minimum absolute atomic E-state index is 0.147. The van der Waals surface area contributed by atoms with Crippen LogP contribution in [0.4, 0.5) is 0 Å². The van der Waals surface area contributed by atoms with Gasteiger partial charge in [0.15, 0.2) is 23.0 Å². The summed E-state index contributed by atoms with van der Waals surface area (Å²) in [5, 5.41) is 26.0. The van der Waals surface area contributed by atoms with Gasteiger partial charge in [0.1, 0.15) is 0 Å². The highest BCUT2D eigenvalue weighted by atomic mass is 16.5. The largest absolute Gasteiger partial charge is 0.504 e. The summed E-state index contributed by atoms with van der Waals surface area (Å²) in [7, 11) is 5.06. The van der Waals surface area contributed by atoms with Crippen LogP contribution < -0.4 is 9.47 Å². The summed E-state index contributed by atoms with van der Waals surface area (Å²) in [6, 6.07) is 10.8. The molecule has 0 unspecified atom stereocenters. The van der Waals surface area contributed by atoms with E-state index in [0.29, 0.717) is 11.5 Å². The predicted octanol–water partition coefficient (Wildman–Crippen LogP) is 3.87. The van der Waals surface area contributed by atoms with Gasteiger partial charge >= 0.3 is 0 Å². The van der Waals surface area contributed by atoms with Gasteiger partial charge in [-0.2, -0.15) is 5.10 Å². The first kappa shape index (κ1) is 19.6. The van der Waals surface area contributed by atoms with Gasteiger partial charge in [-0.15, -0.1) is 0 Å².